The minimum Gasteiger partial charge on any atom is -0.369 e. The summed E-state index contributed by atoms with van der Waals surface area (Å²) in [4.78, 5) is 16.8. The molecule has 0 aliphatic carbocycles. The second kappa shape index (κ2) is 8.32. The summed E-state index contributed by atoms with van der Waals surface area (Å²) in [7, 11) is 0. The highest BCUT2D eigenvalue weighted by molar-refractivity contribution is 5.90. The Morgan fingerprint density at radius 3 is 2.42 bits per heavy atom. The van der Waals surface area contributed by atoms with Crippen LogP contribution in [0.25, 0.3) is 0 Å². The average Bonchev–Trinajstić information content (AvgIpc) is 2.65. The van der Waals surface area contributed by atoms with E-state index in [4.69, 9.17) is 0 Å². The van der Waals surface area contributed by atoms with Crippen LogP contribution in [0.5, 0.6) is 0 Å². The molecule has 1 amide bonds. The molecule has 0 atom stereocenters. The van der Waals surface area contributed by atoms with Gasteiger partial charge in [0.15, 0.2) is 0 Å². The summed E-state index contributed by atoms with van der Waals surface area (Å²) in [5, 5.41) is 2.81. The Morgan fingerprint density at radius 1 is 1.04 bits per heavy atom. The molecule has 1 N–H and O–H groups in total. The van der Waals surface area contributed by atoms with Crippen molar-refractivity contribution in [2.45, 2.75) is 20.3 Å². The maximum atomic E-state index is 12.9. The first-order valence-electron chi connectivity index (χ1n) is 9.12. The molecule has 0 bridgehead atoms. The SMILES string of the molecule is Cc1cccc(N2CCN(CCC(=O)Nc3ccc(F)cc3)CC2)c1C. The van der Waals surface area contributed by atoms with Crippen LogP contribution in [-0.4, -0.2) is 43.5 Å². The summed E-state index contributed by atoms with van der Waals surface area (Å²) in [6.45, 7) is 8.93. The highest BCUT2D eigenvalue weighted by atomic mass is 19.1. The summed E-state index contributed by atoms with van der Waals surface area (Å²) >= 11 is 0. The summed E-state index contributed by atoms with van der Waals surface area (Å²) < 4.78 is 12.9. The molecule has 1 saturated heterocycles. The zero-order valence-electron chi connectivity index (χ0n) is 15.5. The number of anilines is 2. The minimum absolute atomic E-state index is 0.0337. The fraction of sp³-hybridized carbons (Fsp3) is 0.381. The van der Waals surface area contributed by atoms with Crippen molar-refractivity contribution in [2.24, 2.45) is 0 Å². The van der Waals surface area contributed by atoms with Gasteiger partial charge in [-0.3, -0.25) is 9.69 Å². The summed E-state index contributed by atoms with van der Waals surface area (Å²) in [6, 6.07) is 12.3. The third kappa shape index (κ3) is 4.61. The predicted octanol–water partition coefficient (Wildman–Crippen LogP) is 3.59. The molecular formula is C21H26FN3O. The van der Waals surface area contributed by atoms with Crippen LogP contribution in [0.15, 0.2) is 42.5 Å². The molecule has 1 aliphatic heterocycles. The molecule has 0 spiro atoms. The van der Waals surface area contributed by atoms with E-state index >= 15 is 0 Å². The number of halogens is 1. The molecule has 0 radical (unpaired) electrons. The van der Waals surface area contributed by atoms with Gasteiger partial charge in [0, 0.05) is 50.5 Å². The van der Waals surface area contributed by atoms with Crippen molar-refractivity contribution in [1.29, 1.82) is 0 Å². The Balaban J connectivity index is 1.44. The third-order valence-corrected chi connectivity index (χ3v) is 5.07. The smallest absolute Gasteiger partial charge is 0.225 e. The van der Waals surface area contributed by atoms with Gasteiger partial charge in [0.25, 0.3) is 0 Å². The highest BCUT2D eigenvalue weighted by Gasteiger charge is 2.19. The third-order valence-electron chi connectivity index (χ3n) is 5.07. The van der Waals surface area contributed by atoms with Crippen molar-refractivity contribution in [3.05, 3.63) is 59.4 Å². The van der Waals surface area contributed by atoms with Gasteiger partial charge in [0.2, 0.25) is 5.91 Å². The maximum Gasteiger partial charge on any atom is 0.225 e. The van der Waals surface area contributed by atoms with Gasteiger partial charge in [0.05, 0.1) is 0 Å². The summed E-state index contributed by atoms with van der Waals surface area (Å²) in [6.07, 6.45) is 0.445. The lowest BCUT2D eigenvalue weighted by atomic mass is 10.1. The van der Waals surface area contributed by atoms with Crippen molar-refractivity contribution in [3.8, 4) is 0 Å². The van der Waals surface area contributed by atoms with Crippen LogP contribution >= 0.6 is 0 Å². The fourth-order valence-electron chi connectivity index (χ4n) is 3.31. The van der Waals surface area contributed by atoms with Crippen LogP contribution in [0.1, 0.15) is 17.5 Å². The summed E-state index contributed by atoms with van der Waals surface area (Å²) in [5.41, 5.74) is 4.62. The molecule has 2 aromatic rings. The second-order valence-electron chi connectivity index (χ2n) is 6.85. The number of nitrogens with zero attached hydrogens (tertiary/aromatic N) is 2. The number of amides is 1. The number of hydrogen-bond donors (Lipinski definition) is 1. The van der Waals surface area contributed by atoms with E-state index in [1.54, 1.807) is 12.1 Å². The predicted molar refractivity (Wildman–Crippen MR) is 104 cm³/mol. The van der Waals surface area contributed by atoms with Crippen molar-refractivity contribution in [2.75, 3.05) is 42.9 Å². The number of hydrogen-bond acceptors (Lipinski definition) is 3. The lowest BCUT2D eigenvalue weighted by Crippen LogP contribution is -2.47. The van der Waals surface area contributed by atoms with Gasteiger partial charge in [-0.05, 0) is 55.3 Å². The van der Waals surface area contributed by atoms with Crippen molar-refractivity contribution >= 4 is 17.3 Å². The van der Waals surface area contributed by atoms with Crippen molar-refractivity contribution in [1.82, 2.24) is 4.90 Å². The molecule has 4 nitrogen and oxygen atoms in total. The number of carbonyl (C=O) groups excluding carboxylic acids is 1. The van der Waals surface area contributed by atoms with Crippen molar-refractivity contribution < 1.29 is 9.18 Å². The van der Waals surface area contributed by atoms with Gasteiger partial charge in [-0.25, -0.2) is 4.39 Å². The van der Waals surface area contributed by atoms with E-state index in [1.165, 1.54) is 28.9 Å². The largest absolute Gasteiger partial charge is 0.369 e. The molecule has 138 valence electrons. The molecule has 3 rings (SSSR count). The second-order valence-corrected chi connectivity index (χ2v) is 6.85. The Hall–Kier alpha value is -2.40. The first-order chi connectivity index (χ1) is 12.5. The quantitative estimate of drug-likeness (QED) is 0.890. The first-order valence-corrected chi connectivity index (χ1v) is 9.12. The van der Waals surface area contributed by atoms with Crippen LogP contribution < -0.4 is 10.2 Å². The molecule has 1 aliphatic rings. The molecule has 0 unspecified atom stereocenters. The average molecular weight is 355 g/mol. The lowest BCUT2D eigenvalue weighted by molar-refractivity contribution is -0.116. The molecule has 0 aromatic heterocycles. The van der Waals surface area contributed by atoms with Gasteiger partial charge in [0.1, 0.15) is 5.82 Å². The van der Waals surface area contributed by atoms with E-state index < -0.39 is 0 Å². The van der Waals surface area contributed by atoms with Crippen LogP contribution in [0, 0.1) is 19.7 Å². The van der Waals surface area contributed by atoms with Gasteiger partial charge in [-0.2, -0.15) is 0 Å². The number of benzene rings is 2. The standard InChI is InChI=1S/C21H26FN3O/c1-16-4-3-5-20(17(16)2)25-14-12-24(13-15-25)11-10-21(26)23-19-8-6-18(22)7-9-19/h3-9H,10-15H2,1-2H3,(H,23,26). The Kier molecular flexibility index (Phi) is 5.89. The van der Waals surface area contributed by atoms with E-state index in [0.29, 0.717) is 12.1 Å². The Morgan fingerprint density at radius 2 is 1.73 bits per heavy atom. The molecule has 5 heteroatoms. The van der Waals surface area contributed by atoms with Crippen molar-refractivity contribution in [3.63, 3.8) is 0 Å². The molecule has 0 saturated carbocycles. The number of aryl methyl sites for hydroxylation is 1. The Bertz CT molecular complexity index is 752. The van der Waals surface area contributed by atoms with E-state index in [2.05, 4.69) is 47.2 Å². The van der Waals surface area contributed by atoms with Gasteiger partial charge in [-0.15, -0.1) is 0 Å². The van der Waals surface area contributed by atoms with Gasteiger partial charge in [-0.1, -0.05) is 12.1 Å². The van der Waals surface area contributed by atoms with Crippen LogP contribution in [-0.2, 0) is 4.79 Å². The Labute approximate surface area is 154 Å². The molecule has 26 heavy (non-hydrogen) atoms. The van der Waals surface area contributed by atoms with Gasteiger partial charge >= 0.3 is 0 Å². The molecule has 2 aromatic carbocycles. The van der Waals surface area contributed by atoms with Crippen LogP contribution in [0.4, 0.5) is 15.8 Å². The minimum atomic E-state index is -0.301. The van der Waals surface area contributed by atoms with Gasteiger partial charge < -0.3 is 10.2 Å². The van der Waals surface area contributed by atoms with E-state index in [1.807, 2.05) is 0 Å². The van der Waals surface area contributed by atoms with Crippen LogP contribution in [0.3, 0.4) is 0 Å². The topological polar surface area (TPSA) is 35.6 Å². The number of nitrogens with one attached hydrogen (secondary N) is 1. The number of rotatable bonds is 5. The van der Waals surface area contributed by atoms with Crippen LogP contribution in [0.2, 0.25) is 0 Å². The maximum absolute atomic E-state index is 12.9. The number of piperazine rings is 1. The normalized spacial score (nSPS) is 15.1. The van der Waals surface area contributed by atoms with E-state index in [9.17, 15) is 9.18 Å². The fourth-order valence-corrected chi connectivity index (χ4v) is 3.31. The zero-order valence-corrected chi connectivity index (χ0v) is 15.5. The monoisotopic (exact) mass is 355 g/mol. The lowest BCUT2D eigenvalue weighted by Gasteiger charge is -2.37. The van der Waals surface area contributed by atoms with E-state index in [0.717, 1.165) is 32.7 Å². The molecular weight excluding hydrogens is 329 g/mol. The first kappa shape index (κ1) is 18.4. The highest BCUT2D eigenvalue weighted by Crippen LogP contribution is 2.23. The molecule has 1 fully saturated rings. The zero-order chi connectivity index (χ0) is 18.5. The summed E-state index contributed by atoms with van der Waals surface area (Å²) in [5.74, 6) is -0.335. The number of carbonyl (C=O) groups is 1. The van der Waals surface area contributed by atoms with E-state index in [-0.39, 0.29) is 11.7 Å². The molecule has 1 heterocycles.